The third-order valence-corrected chi connectivity index (χ3v) is 5.73. The number of piperidine rings is 1. The molecular weight excluding hydrogens is 352 g/mol. The van der Waals surface area contributed by atoms with E-state index in [2.05, 4.69) is 0 Å². The quantitative estimate of drug-likeness (QED) is 0.790. The van der Waals surface area contributed by atoms with E-state index in [0.717, 1.165) is 5.56 Å². The molecular formula is C16H23ClN2O4S. The van der Waals surface area contributed by atoms with Gasteiger partial charge in [0.05, 0.1) is 19.3 Å². The minimum Gasteiger partial charge on any atom is -0.496 e. The second kappa shape index (κ2) is 7.72. The third-order valence-electron chi connectivity index (χ3n) is 4.23. The van der Waals surface area contributed by atoms with Crippen molar-refractivity contribution in [2.75, 3.05) is 33.5 Å². The van der Waals surface area contributed by atoms with Gasteiger partial charge in [-0.3, -0.25) is 4.79 Å². The maximum absolute atomic E-state index is 12.7. The Bertz CT molecular complexity index is 708. The van der Waals surface area contributed by atoms with Crippen molar-refractivity contribution in [3.63, 3.8) is 0 Å². The van der Waals surface area contributed by atoms with Crippen LogP contribution in [0.5, 0.6) is 5.75 Å². The lowest BCUT2D eigenvalue weighted by Gasteiger charge is -2.32. The zero-order valence-electron chi connectivity index (χ0n) is 14.2. The van der Waals surface area contributed by atoms with Crippen molar-refractivity contribution in [1.82, 2.24) is 9.21 Å². The number of hydrogen-bond acceptors (Lipinski definition) is 4. The standard InChI is InChI=1S/C16H23ClN2O4S/c1-18(10-13-9-14(17)6-7-15(13)23-2)16(20)12-5-4-8-19(11-12)24(3,21)22/h6-7,9,12H,4-5,8,10-11H2,1-3H3. The third kappa shape index (κ3) is 4.62. The van der Waals surface area contributed by atoms with E-state index in [1.807, 2.05) is 0 Å². The molecule has 0 radical (unpaired) electrons. The summed E-state index contributed by atoms with van der Waals surface area (Å²) in [5, 5.41) is 0.576. The summed E-state index contributed by atoms with van der Waals surface area (Å²) < 4.78 is 30.1. The monoisotopic (exact) mass is 374 g/mol. The molecule has 24 heavy (non-hydrogen) atoms. The normalized spacial score (nSPS) is 19.1. The van der Waals surface area contributed by atoms with E-state index in [1.165, 1.54) is 10.6 Å². The van der Waals surface area contributed by atoms with E-state index >= 15 is 0 Å². The molecule has 1 unspecified atom stereocenters. The van der Waals surface area contributed by atoms with Crippen molar-refractivity contribution in [2.45, 2.75) is 19.4 Å². The van der Waals surface area contributed by atoms with Gasteiger partial charge in [0.15, 0.2) is 0 Å². The lowest BCUT2D eigenvalue weighted by atomic mass is 9.98. The average Bonchev–Trinajstić information content (AvgIpc) is 2.53. The fourth-order valence-electron chi connectivity index (χ4n) is 2.96. The highest BCUT2D eigenvalue weighted by molar-refractivity contribution is 7.88. The van der Waals surface area contributed by atoms with Crippen molar-refractivity contribution in [3.05, 3.63) is 28.8 Å². The number of carbonyl (C=O) groups excluding carboxylic acids is 1. The zero-order valence-corrected chi connectivity index (χ0v) is 15.7. The molecule has 134 valence electrons. The summed E-state index contributed by atoms with van der Waals surface area (Å²) in [7, 11) is 0.0115. The predicted octanol–water partition coefficient (Wildman–Crippen LogP) is 1.98. The number of methoxy groups -OCH3 is 1. The summed E-state index contributed by atoms with van der Waals surface area (Å²) in [6, 6.07) is 5.27. The van der Waals surface area contributed by atoms with E-state index < -0.39 is 10.0 Å². The first kappa shape index (κ1) is 19.0. The van der Waals surface area contributed by atoms with Crippen molar-refractivity contribution >= 4 is 27.5 Å². The molecule has 0 aromatic heterocycles. The summed E-state index contributed by atoms with van der Waals surface area (Å²) in [5.41, 5.74) is 0.816. The lowest BCUT2D eigenvalue weighted by molar-refractivity contribution is -0.135. The smallest absolute Gasteiger partial charge is 0.227 e. The molecule has 0 saturated carbocycles. The van der Waals surface area contributed by atoms with E-state index in [0.29, 0.717) is 36.7 Å². The zero-order chi connectivity index (χ0) is 17.9. The maximum atomic E-state index is 12.7. The van der Waals surface area contributed by atoms with Gasteiger partial charge < -0.3 is 9.64 Å². The molecule has 1 aromatic rings. The summed E-state index contributed by atoms with van der Waals surface area (Å²) in [6.45, 7) is 1.08. The summed E-state index contributed by atoms with van der Waals surface area (Å²) in [6.07, 6.45) is 2.57. The van der Waals surface area contributed by atoms with Crippen molar-refractivity contribution in [1.29, 1.82) is 0 Å². The Morgan fingerprint density at radius 3 is 2.79 bits per heavy atom. The van der Waals surface area contributed by atoms with Crippen molar-refractivity contribution in [2.24, 2.45) is 5.92 Å². The highest BCUT2D eigenvalue weighted by atomic mass is 35.5. The van der Waals surface area contributed by atoms with Crippen LogP contribution in [-0.4, -0.2) is 57.0 Å². The minimum absolute atomic E-state index is 0.0645. The molecule has 1 aliphatic heterocycles. The van der Waals surface area contributed by atoms with Gasteiger partial charge >= 0.3 is 0 Å². The number of hydrogen-bond donors (Lipinski definition) is 0. The first-order valence-electron chi connectivity index (χ1n) is 7.75. The predicted molar refractivity (Wildman–Crippen MR) is 93.6 cm³/mol. The first-order chi connectivity index (χ1) is 11.2. The number of ether oxygens (including phenoxy) is 1. The molecule has 1 heterocycles. The van der Waals surface area contributed by atoms with Gasteiger partial charge in [-0.2, -0.15) is 0 Å². The molecule has 0 bridgehead atoms. The Morgan fingerprint density at radius 1 is 1.46 bits per heavy atom. The van der Waals surface area contributed by atoms with E-state index in [-0.39, 0.29) is 18.4 Å². The molecule has 0 aliphatic carbocycles. The lowest BCUT2D eigenvalue weighted by Crippen LogP contribution is -2.45. The van der Waals surface area contributed by atoms with Gasteiger partial charge in [0.1, 0.15) is 5.75 Å². The Labute approximate surface area is 148 Å². The van der Waals surface area contributed by atoms with E-state index in [9.17, 15) is 13.2 Å². The fourth-order valence-corrected chi connectivity index (χ4v) is 4.07. The molecule has 2 rings (SSSR count). The molecule has 0 N–H and O–H groups in total. The minimum atomic E-state index is -3.27. The summed E-state index contributed by atoms with van der Waals surface area (Å²) in [5.74, 6) is 0.287. The van der Waals surface area contributed by atoms with E-state index in [4.69, 9.17) is 16.3 Å². The van der Waals surface area contributed by atoms with Crippen LogP contribution in [0.1, 0.15) is 18.4 Å². The molecule has 8 heteroatoms. The van der Waals surface area contributed by atoms with Crippen LogP contribution in [0.3, 0.4) is 0 Å². The van der Waals surface area contributed by atoms with Gasteiger partial charge in [-0.1, -0.05) is 11.6 Å². The van der Waals surface area contributed by atoms with E-state index in [1.54, 1.807) is 37.3 Å². The SMILES string of the molecule is COc1ccc(Cl)cc1CN(C)C(=O)C1CCCN(S(C)(=O)=O)C1. The number of halogens is 1. The number of nitrogens with zero attached hydrogens (tertiary/aromatic N) is 2. The Morgan fingerprint density at radius 2 is 2.17 bits per heavy atom. The molecule has 1 amide bonds. The Balaban J connectivity index is 2.08. The van der Waals surface area contributed by atoms with Gasteiger partial charge in [0.25, 0.3) is 0 Å². The summed E-state index contributed by atoms with van der Waals surface area (Å²) in [4.78, 5) is 14.3. The molecule has 1 saturated heterocycles. The van der Waals surface area contributed by atoms with Crippen LogP contribution < -0.4 is 4.74 Å². The summed E-state index contributed by atoms with van der Waals surface area (Å²) >= 11 is 6.02. The van der Waals surface area contributed by atoms with Gasteiger partial charge in [0, 0.05) is 37.3 Å². The molecule has 1 aromatic carbocycles. The highest BCUT2D eigenvalue weighted by Crippen LogP contribution is 2.25. The van der Waals surface area contributed by atoms with Gasteiger partial charge in [0.2, 0.25) is 15.9 Å². The fraction of sp³-hybridized carbons (Fsp3) is 0.562. The largest absolute Gasteiger partial charge is 0.496 e. The van der Waals surface area contributed by atoms with Crippen LogP contribution in [0.25, 0.3) is 0 Å². The van der Waals surface area contributed by atoms with Gasteiger partial charge in [-0.25, -0.2) is 12.7 Å². The second-order valence-corrected chi connectivity index (χ2v) is 8.53. The average molecular weight is 375 g/mol. The number of carbonyl (C=O) groups is 1. The molecule has 1 atom stereocenters. The van der Waals surface area contributed by atoms with Gasteiger partial charge in [-0.15, -0.1) is 0 Å². The number of sulfonamides is 1. The van der Waals surface area contributed by atoms with Crippen molar-refractivity contribution in [3.8, 4) is 5.75 Å². The number of rotatable bonds is 5. The molecule has 6 nitrogen and oxygen atoms in total. The van der Waals surface area contributed by atoms with Crippen molar-refractivity contribution < 1.29 is 17.9 Å². The van der Waals surface area contributed by atoms with Gasteiger partial charge in [-0.05, 0) is 31.0 Å². The Hall–Kier alpha value is -1.31. The molecule has 1 aliphatic rings. The highest BCUT2D eigenvalue weighted by Gasteiger charge is 2.31. The number of amides is 1. The van der Waals surface area contributed by atoms with Crippen LogP contribution in [0, 0.1) is 5.92 Å². The molecule has 0 spiro atoms. The van der Waals surface area contributed by atoms with Crippen LogP contribution in [0.15, 0.2) is 18.2 Å². The second-order valence-electron chi connectivity index (χ2n) is 6.11. The maximum Gasteiger partial charge on any atom is 0.227 e. The Kier molecular flexibility index (Phi) is 6.11. The van der Waals surface area contributed by atoms with Crippen LogP contribution in [-0.2, 0) is 21.4 Å². The first-order valence-corrected chi connectivity index (χ1v) is 9.97. The van der Waals surface area contributed by atoms with Crippen LogP contribution in [0.2, 0.25) is 5.02 Å². The van der Waals surface area contributed by atoms with Crippen LogP contribution >= 0.6 is 11.6 Å². The molecule has 1 fully saturated rings. The number of benzene rings is 1. The topological polar surface area (TPSA) is 66.9 Å². The van der Waals surface area contributed by atoms with Crippen LogP contribution in [0.4, 0.5) is 0 Å².